The maximum Gasteiger partial charge on any atom is 0.320 e. The second-order valence-electron chi connectivity index (χ2n) is 6.66. The molecule has 1 aliphatic heterocycles. The minimum Gasteiger partial charge on any atom is -0.480 e. The molecule has 1 saturated heterocycles. The van der Waals surface area contributed by atoms with Crippen molar-refractivity contribution in [3.8, 4) is 0 Å². The first-order valence-electron chi connectivity index (χ1n) is 8.28. The number of benzene rings is 1. The van der Waals surface area contributed by atoms with Crippen LogP contribution in [0.4, 0.5) is 0 Å². The van der Waals surface area contributed by atoms with Crippen molar-refractivity contribution in [2.24, 2.45) is 5.92 Å². The minimum absolute atomic E-state index is 0.0117. The van der Waals surface area contributed by atoms with Gasteiger partial charge in [0.25, 0.3) is 0 Å². The monoisotopic (exact) mass is 354 g/mol. The largest absolute Gasteiger partial charge is 0.480 e. The second kappa shape index (κ2) is 8.09. The Morgan fingerprint density at radius 3 is 2.21 bits per heavy atom. The molecule has 0 aliphatic carbocycles. The van der Waals surface area contributed by atoms with E-state index in [2.05, 4.69) is 0 Å². The predicted octanol–water partition coefficient (Wildman–Crippen LogP) is 1.63. The molecule has 0 saturated carbocycles. The first-order valence-corrected chi connectivity index (χ1v) is 9.89. The zero-order valence-corrected chi connectivity index (χ0v) is 15.1. The molecule has 1 atom stereocenters. The number of rotatable bonds is 7. The van der Waals surface area contributed by atoms with Crippen molar-refractivity contribution in [1.29, 1.82) is 0 Å². The summed E-state index contributed by atoms with van der Waals surface area (Å²) in [6.45, 7) is 5.59. The smallest absolute Gasteiger partial charge is 0.320 e. The molecule has 24 heavy (non-hydrogen) atoms. The average molecular weight is 354 g/mol. The molecule has 0 bridgehead atoms. The van der Waals surface area contributed by atoms with E-state index >= 15 is 0 Å². The Bertz CT molecular complexity index is 638. The summed E-state index contributed by atoms with van der Waals surface area (Å²) in [7, 11) is -3.37. The molecule has 1 N–H and O–H groups in total. The van der Waals surface area contributed by atoms with Crippen LogP contribution >= 0.6 is 0 Å². The number of piperazine rings is 1. The van der Waals surface area contributed by atoms with Crippen molar-refractivity contribution in [2.45, 2.75) is 32.1 Å². The van der Waals surface area contributed by atoms with Crippen LogP contribution in [0.2, 0.25) is 0 Å². The van der Waals surface area contributed by atoms with Gasteiger partial charge in [-0.05, 0) is 17.9 Å². The highest BCUT2D eigenvalue weighted by Gasteiger charge is 2.33. The fourth-order valence-corrected chi connectivity index (χ4v) is 4.54. The number of carbonyl (C=O) groups is 1. The molecule has 0 spiro atoms. The SMILES string of the molecule is CC(C)CC(C(=O)O)N1CCN(S(=O)(=O)Cc2ccccc2)CC1. The highest BCUT2D eigenvalue weighted by molar-refractivity contribution is 7.88. The molecule has 1 aromatic carbocycles. The third kappa shape index (κ3) is 5.03. The predicted molar refractivity (Wildman–Crippen MR) is 93.1 cm³/mol. The molecule has 0 aromatic heterocycles. The number of hydrogen-bond donors (Lipinski definition) is 1. The lowest BCUT2D eigenvalue weighted by Gasteiger charge is -2.37. The van der Waals surface area contributed by atoms with E-state index in [0.29, 0.717) is 32.6 Å². The molecule has 1 aromatic rings. The van der Waals surface area contributed by atoms with E-state index in [9.17, 15) is 18.3 Å². The van der Waals surface area contributed by atoms with E-state index in [4.69, 9.17) is 0 Å². The first kappa shape index (κ1) is 18.9. The van der Waals surface area contributed by atoms with Crippen molar-refractivity contribution in [1.82, 2.24) is 9.21 Å². The highest BCUT2D eigenvalue weighted by Crippen LogP contribution is 2.18. The van der Waals surface area contributed by atoms with Crippen LogP contribution in [-0.4, -0.2) is 60.9 Å². The fourth-order valence-electron chi connectivity index (χ4n) is 3.02. The lowest BCUT2D eigenvalue weighted by Crippen LogP contribution is -2.54. The minimum atomic E-state index is -3.37. The van der Waals surface area contributed by atoms with Crippen molar-refractivity contribution >= 4 is 16.0 Å². The van der Waals surface area contributed by atoms with Gasteiger partial charge in [0.15, 0.2) is 0 Å². The average Bonchev–Trinajstić information content (AvgIpc) is 2.53. The summed E-state index contributed by atoms with van der Waals surface area (Å²) >= 11 is 0. The van der Waals surface area contributed by atoms with Gasteiger partial charge in [0.05, 0.1) is 5.75 Å². The van der Waals surface area contributed by atoms with Crippen LogP contribution < -0.4 is 0 Å². The maximum absolute atomic E-state index is 12.5. The maximum atomic E-state index is 12.5. The Labute approximate surface area is 144 Å². The van der Waals surface area contributed by atoms with Gasteiger partial charge in [-0.1, -0.05) is 44.2 Å². The van der Waals surface area contributed by atoms with E-state index in [1.807, 2.05) is 36.9 Å². The van der Waals surface area contributed by atoms with Gasteiger partial charge in [-0.3, -0.25) is 9.69 Å². The molecule has 7 heteroatoms. The fraction of sp³-hybridized carbons (Fsp3) is 0.588. The molecule has 1 unspecified atom stereocenters. The van der Waals surface area contributed by atoms with Crippen molar-refractivity contribution in [3.63, 3.8) is 0 Å². The molecular formula is C17H26N2O4S. The summed E-state index contributed by atoms with van der Waals surface area (Å²) in [4.78, 5) is 13.4. The van der Waals surface area contributed by atoms with Gasteiger partial charge >= 0.3 is 5.97 Å². The molecule has 134 valence electrons. The zero-order chi connectivity index (χ0) is 17.7. The number of hydrogen-bond acceptors (Lipinski definition) is 4. The summed E-state index contributed by atoms with van der Waals surface area (Å²) in [5.74, 6) is -0.558. The van der Waals surface area contributed by atoms with Gasteiger partial charge in [0.1, 0.15) is 6.04 Å². The van der Waals surface area contributed by atoms with Crippen molar-refractivity contribution in [3.05, 3.63) is 35.9 Å². The molecule has 1 fully saturated rings. The molecule has 0 amide bonds. The van der Waals surface area contributed by atoms with Crippen molar-refractivity contribution in [2.75, 3.05) is 26.2 Å². The summed E-state index contributed by atoms with van der Waals surface area (Å²) < 4.78 is 26.5. The van der Waals surface area contributed by atoms with E-state index in [1.165, 1.54) is 4.31 Å². The Morgan fingerprint density at radius 2 is 1.71 bits per heavy atom. The van der Waals surface area contributed by atoms with Gasteiger partial charge in [-0.2, -0.15) is 4.31 Å². The van der Waals surface area contributed by atoms with Gasteiger partial charge in [-0.25, -0.2) is 8.42 Å². The van der Waals surface area contributed by atoms with Crippen LogP contribution in [0.25, 0.3) is 0 Å². The van der Waals surface area contributed by atoms with E-state index in [-0.39, 0.29) is 11.7 Å². The Kier molecular flexibility index (Phi) is 6.37. The highest BCUT2D eigenvalue weighted by atomic mass is 32.2. The number of aliphatic carboxylic acids is 1. The van der Waals surface area contributed by atoms with Crippen LogP contribution in [0.15, 0.2) is 30.3 Å². The first-order chi connectivity index (χ1) is 11.3. The van der Waals surface area contributed by atoms with Crippen LogP contribution in [-0.2, 0) is 20.6 Å². The number of carboxylic acids is 1. The van der Waals surface area contributed by atoms with Crippen LogP contribution in [0.3, 0.4) is 0 Å². The van der Waals surface area contributed by atoms with Crippen LogP contribution in [0.5, 0.6) is 0 Å². The number of carboxylic acid groups (broad SMARTS) is 1. The topological polar surface area (TPSA) is 77.9 Å². The Morgan fingerprint density at radius 1 is 1.12 bits per heavy atom. The lowest BCUT2D eigenvalue weighted by atomic mass is 10.0. The molecule has 1 heterocycles. The lowest BCUT2D eigenvalue weighted by molar-refractivity contribution is -0.144. The van der Waals surface area contributed by atoms with Crippen molar-refractivity contribution < 1.29 is 18.3 Å². The normalized spacial score (nSPS) is 18.6. The number of nitrogens with zero attached hydrogens (tertiary/aromatic N) is 2. The third-order valence-electron chi connectivity index (χ3n) is 4.28. The van der Waals surface area contributed by atoms with Gasteiger partial charge in [0.2, 0.25) is 10.0 Å². The summed E-state index contributed by atoms with van der Waals surface area (Å²) in [5, 5.41) is 9.42. The quantitative estimate of drug-likeness (QED) is 0.805. The van der Waals surface area contributed by atoms with Gasteiger partial charge in [0, 0.05) is 26.2 Å². The molecule has 0 radical (unpaired) electrons. The van der Waals surface area contributed by atoms with Gasteiger partial charge in [-0.15, -0.1) is 0 Å². The van der Waals surface area contributed by atoms with Crippen LogP contribution in [0, 0.1) is 5.92 Å². The van der Waals surface area contributed by atoms with E-state index < -0.39 is 22.0 Å². The molecular weight excluding hydrogens is 328 g/mol. The zero-order valence-electron chi connectivity index (χ0n) is 14.3. The number of sulfonamides is 1. The second-order valence-corrected chi connectivity index (χ2v) is 8.63. The molecule has 6 nitrogen and oxygen atoms in total. The Hall–Kier alpha value is -1.44. The summed E-state index contributed by atoms with van der Waals surface area (Å²) in [6.07, 6.45) is 0.575. The van der Waals surface area contributed by atoms with E-state index in [1.54, 1.807) is 12.1 Å². The molecule has 1 aliphatic rings. The molecule has 2 rings (SSSR count). The van der Waals surface area contributed by atoms with E-state index in [0.717, 1.165) is 5.56 Å². The summed E-state index contributed by atoms with van der Waals surface area (Å²) in [6, 6.07) is 8.57. The van der Waals surface area contributed by atoms with Gasteiger partial charge < -0.3 is 5.11 Å². The Balaban J connectivity index is 1.97. The standard InChI is InChI=1S/C17H26N2O4S/c1-14(2)12-16(17(20)21)18-8-10-19(11-9-18)24(22,23)13-15-6-4-3-5-7-15/h3-7,14,16H,8-13H2,1-2H3,(H,20,21). The van der Waals surface area contributed by atoms with Crippen LogP contribution in [0.1, 0.15) is 25.8 Å². The summed E-state index contributed by atoms with van der Waals surface area (Å²) in [5.41, 5.74) is 0.767. The third-order valence-corrected chi connectivity index (χ3v) is 6.13.